The number of rotatable bonds is 1. The van der Waals surface area contributed by atoms with E-state index in [0.717, 1.165) is 4.68 Å². The third kappa shape index (κ3) is 2.51. The van der Waals surface area contributed by atoms with Gasteiger partial charge in [-0.2, -0.15) is 18.3 Å². The van der Waals surface area contributed by atoms with E-state index in [9.17, 15) is 23.3 Å². The van der Waals surface area contributed by atoms with Gasteiger partial charge in [0.25, 0.3) is 0 Å². The fourth-order valence-corrected chi connectivity index (χ4v) is 1.64. The summed E-state index contributed by atoms with van der Waals surface area (Å²) in [7, 11) is 0. The molecule has 1 rings (SSSR count). The highest BCUT2D eigenvalue weighted by Gasteiger charge is 2.46. The molecule has 0 N–H and O–H groups in total. The monoisotopic (exact) mass is 271 g/mol. The van der Waals surface area contributed by atoms with E-state index in [2.05, 4.69) is 5.10 Å². The van der Waals surface area contributed by atoms with Crippen molar-refractivity contribution in [1.82, 2.24) is 9.78 Å². The summed E-state index contributed by atoms with van der Waals surface area (Å²) in [6.45, 7) is 4.61. The minimum atomic E-state index is -4.91. The summed E-state index contributed by atoms with van der Waals surface area (Å²) in [5, 5.41) is 13.2. The van der Waals surface area contributed by atoms with Crippen LogP contribution in [0.5, 0.6) is 0 Å². The van der Waals surface area contributed by atoms with Crippen LogP contribution in [0.1, 0.15) is 26.5 Å². The van der Waals surface area contributed by atoms with Crippen molar-refractivity contribution in [1.29, 1.82) is 0 Å². The third-order valence-corrected chi connectivity index (χ3v) is 2.23. The minimum Gasteiger partial charge on any atom is -0.258 e. The van der Waals surface area contributed by atoms with Crippen molar-refractivity contribution in [3.63, 3.8) is 0 Å². The average Bonchev–Trinajstić information content (AvgIpc) is 2.40. The summed E-state index contributed by atoms with van der Waals surface area (Å²) >= 11 is 5.57. The van der Waals surface area contributed by atoms with Gasteiger partial charge in [0.15, 0.2) is 0 Å². The fourth-order valence-electron chi connectivity index (χ4n) is 1.19. The Balaban J connectivity index is 3.58. The lowest BCUT2D eigenvalue weighted by Crippen LogP contribution is -2.24. The van der Waals surface area contributed by atoms with Crippen LogP contribution in [0.15, 0.2) is 0 Å². The molecule has 1 aromatic rings. The lowest BCUT2D eigenvalue weighted by atomic mass is 10.1. The molecule has 0 aliphatic carbocycles. The van der Waals surface area contributed by atoms with Crippen LogP contribution in [0.3, 0.4) is 0 Å². The van der Waals surface area contributed by atoms with Gasteiger partial charge in [-0.3, -0.25) is 10.1 Å². The molecule has 96 valence electrons. The fraction of sp³-hybridized carbons (Fsp3) is 0.625. The zero-order valence-corrected chi connectivity index (χ0v) is 9.93. The lowest BCUT2D eigenvalue weighted by molar-refractivity contribution is -0.388. The molecule has 0 saturated heterocycles. The van der Waals surface area contributed by atoms with Crippen LogP contribution in [0.4, 0.5) is 18.9 Å². The second-order valence-electron chi connectivity index (χ2n) is 4.33. The van der Waals surface area contributed by atoms with Crippen molar-refractivity contribution >= 4 is 17.3 Å². The Kier molecular flexibility index (Phi) is 3.13. The molecule has 0 bridgehead atoms. The molecule has 5 nitrogen and oxygen atoms in total. The normalized spacial score (nSPS) is 12.9. The first kappa shape index (κ1) is 13.8. The Morgan fingerprint density at radius 2 is 1.82 bits per heavy atom. The standard InChI is InChI=1S/C8H9ClF3N3O2/c1-7(2,3)14-6(9)4(15(16)17)5(13-14)8(10,11)12/h1-3H3. The Bertz CT molecular complexity index is 462. The number of hydrogen-bond donors (Lipinski definition) is 0. The number of nitrogens with zero attached hydrogens (tertiary/aromatic N) is 3. The van der Waals surface area contributed by atoms with Gasteiger partial charge in [-0.1, -0.05) is 11.6 Å². The molecule has 0 aliphatic heterocycles. The molecular weight excluding hydrogens is 263 g/mol. The van der Waals surface area contributed by atoms with Crippen LogP contribution in [0, 0.1) is 10.1 Å². The van der Waals surface area contributed by atoms with Gasteiger partial charge >= 0.3 is 11.9 Å². The lowest BCUT2D eigenvalue weighted by Gasteiger charge is -2.19. The zero-order valence-electron chi connectivity index (χ0n) is 9.17. The summed E-state index contributed by atoms with van der Waals surface area (Å²) in [6, 6.07) is 0. The quantitative estimate of drug-likeness (QED) is 0.582. The topological polar surface area (TPSA) is 61.0 Å². The first-order chi connectivity index (χ1) is 7.46. The molecule has 0 saturated carbocycles. The van der Waals surface area contributed by atoms with Crippen molar-refractivity contribution < 1.29 is 18.1 Å². The molecule has 1 heterocycles. The predicted octanol–water partition coefficient (Wildman–Crippen LogP) is 3.22. The first-order valence-electron chi connectivity index (χ1n) is 4.47. The van der Waals surface area contributed by atoms with Gasteiger partial charge < -0.3 is 0 Å². The summed E-state index contributed by atoms with van der Waals surface area (Å²) in [4.78, 5) is 9.42. The molecule has 0 aliphatic rings. The maximum atomic E-state index is 12.6. The van der Waals surface area contributed by atoms with Gasteiger partial charge in [-0.15, -0.1) is 0 Å². The predicted molar refractivity (Wildman–Crippen MR) is 53.9 cm³/mol. The Morgan fingerprint density at radius 1 is 1.35 bits per heavy atom. The Morgan fingerprint density at radius 3 is 2.06 bits per heavy atom. The SMILES string of the molecule is CC(C)(C)n1nc(C(F)(F)F)c([N+](=O)[O-])c1Cl. The maximum Gasteiger partial charge on any atom is 0.442 e. The number of aromatic nitrogens is 2. The molecule has 0 spiro atoms. The first-order valence-corrected chi connectivity index (χ1v) is 4.84. The average molecular weight is 272 g/mol. The van der Waals surface area contributed by atoms with Crippen LogP contribution >= 0.6 is 11.6 Å². The summed E-state index contributed by atoms with van der Waals surface area (Å²) in [6.07, 6.45) is -4.91. The van der Waals surface area contributed by atoms with Crippen LogP contribution in [-0.2, 0) is 11.7 Å². The molecule has 0 fully saturated rings. The molecule has 0 radical (unpaired) electrons. The van der Waals surface area contributed by atoms with E-state index < -0.39 is 33.2 Å². The molecule has 0 amide bonds. The van der Waals surface area contributed by atoms with Crippen LogP contribution in [0.2, 0.25) is 5.15 Å². The van der Waals surface area contributed by atoms with E-state index in [4.69, 9.17) is 11.6 Å². The van der Waals surface area contributed by atoms with Crippen molar-refractivity contribution in [2.75, 3.05) is 0 Å². The van der Waals surface area contributed by atoms with Crippen LogP contribution in [-0.4, -0.2) is 14.7 Å². The second kappa shape index (κ2) is 3.86. The third-order valence-electron chi connectivity index (χ3n) is 1.89. The second-order valence-corrected chi connectivity index (χ2v) is 4.68. The number of alkyl halides is 3. The van der Waals surface area contributed by atoms with Crippen LogP contribution < -0.4 is 0 Å². The Labute approximate surface area is 99.3 Å². The molecular formula is C8H9ClF3N3O2. The zero-order chi connectivity index (χ0) is 13.6. The summed E-state index contributed by atoms with van der Waals surface area (Å²) in [5.74, 6) is 0. The number of hydrogen-bond acceptors (Lipinski definition) is 3. The summed E-state index contributed by atoms with van der Waals surface area (Å²) in [5.41, 5.74) is -3.68. The smallest absolute Gasteiger partial charge is 0.258 e. The van der Waals surface area contributed by atoms with Gasteiger partial charge in [0.1, 0.15) is 0 Å². The van der Waals surface area contributed by atoms with E-state index in [1.807, 2.05) is 0 Å². The number of halogens is 4. The molecule has 9 heteroatoms. The number of nitro groups is 1. The van der Waals surface area contributed by atoms with E-state index in [-0.39, 0.29) is 0 Å². The maximum absolute atomic E-state index is 12.6. The highest BCUT2D eigenvalue weighted by Crippen LogP contribution is 2.40. The molecule has 17 heavy (non-hydrogen) atoms. The molecule has 0 aromatic carbocycles. The van der Waals surface area contributed by atoms with E-state index in [0.29, 0.717) is 0 Å². The molecule has 1 aromatic heterocycles. The van der Waals surface area contributed by atoms with E-state index >= 15 is 0 Å². The molecule has 0 atom stereocenters. The van der Waals surface area contributed by atoms with E-state index in [1.165, 1.54) is 20.8 Å². The van der Waals surface area contributed by atoms with Crippen molar-refractivity contribution in [3.05, 3.63) is 21.0 Å². The van der Waals surface area contributed by atoms with Gasteiger partial charge in [0.05, 0.1) is 10.5 Å². The van der Waals surface area contributed by atoms with Gasteiger partial charge in [0.2, 0.25) is 10.8 Å². The van der Waals surface area contributed by atoms with Crippen molar-refractivity contribution in [3.8, 4) is 0 Å². The van der Waals surface area contributed by atoms with E-state index in [1.54, 1.807) is 0 Å². The minimum absolute atomic E-state index is 0.630. The van der Waals surface area contributed by atoms with Crippen molar-refractivity contribution in [2.45, 2.75) is 32.5 Å². The largest absolute Gasteiger partial charge is 0.442 e. The van der Waals surface area contributed by atoms with Gasteiger partial charge in [-0.25, -0.2) is 4.68 Å². The highest BCUT2D eigenvalue weighted by molar-refractivity contribution is 6.31. The van der Waals surface area contributed by atoms with Gasteiger partial charge in [-0.05, 0) is 20.8 Å². The molecule has 0 unspecified atom stereocenters. The highest BCUT2D eigenvalue weighted by atomic mass is 35.5. The summed E-state index contributed by atoms with van der Waals surface area (Å²) < 4.78 is 38.4. The van der Waals surface area contributed by atoms with Crippen LogP contribution in [0.25, 0.3) is 0 Å². The Hall–Kier alpha value is -1.31. The van der Waals surface area contributed by atoms with Gasteiger partial charge in [0, 0.05) is 0 Å². The van der Waals surface area contributed by atoms with Crippen molar-refractivity contribution in [2.24, 2.45) is 0 Å².